The molecule has 1 aliphatic heterocycles. The monoisotopic (exact) mass is 411 g/mol. The van der Waals surface area contributed by atoms with E-state index in [0.29, 0.717) is 17.3 Å². The van der Waals surface area contributed by atoms with Gasteiger partial charge in [-0.3, -0.25) is 14.9 Å². The molecule has 1 aliphatic rings. The topological polar surface area (TPSA) is 102 Å². The van der Waals surface area contributed by atoms with Crippen LogP contribution in [0, 0.1) is 23.0 Å². The maximum Gasteiger partial charge on any atom is 0.338 e. The normalized spacial score (nSPS) is 16.1. The lowest BCUT2D eigenvalue weighted by atomic mass is 9.99. The number of para-hydroxylation sites is 1. The molecule has 3 rings (SSSR count). The first-order chi connectivity index (χ1) is 14.3. The number of benzene rings is 2. The van der Waals surface area contributed by atoms with Crippen molar-refractivity contribution in [1.29, 1.82) is 0 Å². The van der Waals surface area contributed by atoms with Gasteiger partial charge in [-0.05, 0) is 49.4 Å². The van der Waals surface area contributed by atoms with Gasteiger partial charge in [0.05, 0.1) is 10.5 Å². The average Bonchev–Trinajstić information content (AvgIpc) is 2.73. The Bertz CT molecular complexity index is 960. The summed E-state index contributed by atoms with van der Waals surface area (Å²) in [4.78, 5) is 37.5. The summed E-state index contributed by atoms with van der Waals surface area (Å²) in [6, 6.07) is 11.5. The van der Waals surface area contributed by atoms with Crippen molar-refractivity contribution in [3.63, 3.8) is 0 Å². The van der Waals surface area contributed by atoms with Crippen molar-refractivity contribution in [3.8, 4) is 0 Å². The molecule has 0 radical (unpaired) electrons. The molecule has 1 atom stereocenters. The van der Waals surface area contributed by atoms with E-state index in [9.17, 15) is 19.7 Å². The van der Waals surface area contributed by atoms with Gasteiger partial charge in [0.2, 0.25) is 0 Å². The van der Waals surface area contributed by atoms with Crippen LogP contribution in [0.2, 0.25) is 0 Å². The number of carbonyl (C=O) groups is 2. The van der Waals surface area contributed by atoms with E-state index in [2.05, 4.69) is 12.2 Å². The minimum absolute atomic E-state index is 0.0409. The minimum Gasteiger partial charge on any atom is -0.452 e. The molecule has 2 aromatic rings. The van der Waals surface area contributed by atoms with Crippen molar-refractivity contribution in [3.05, 3.63) is 63.7 Å². The zero-order valence-electron chi connectivity index (χ0n) is 17.1. The van der Waals surface area contributed by atoms with E-state index in [1.54, 1.807) is 18.2 Å². The minimum atomic E-state index is -0.781. The molecule has 1 saturated heterocycles. The van der Waals surface area contributed by atoms with Crippen molar-refractivity contribution in [2.75, 3.05) is 29.9 Å². The van der Waals surface area contributed by atoms with Crippen molar-refractivity contribution in [2.45, 2.75) is 26.7 Å². The Balaban J connectivity index is 1.67. The molecule has 0 bridgehead atoms. The van der Waals surface area contributed by atoms with E-state index in [4.69, 9.17) is 4.74 Å². The summed E-state index contributed by atoms with van der Waals surface area (Å²) < 4.78 is 5.05. The molecule has 0 saturated carbocycles. The second-order valence-corrected chi connectivity index (χ2v) is 7.59. The number of piperidine rings is 1. The van der Waals surface area contributed by atoms with Gasteiger partial charge in [-0.2, -0.15) is 0 Å². The molecular formula is C22H25N3O5. The van der Waals surface area contributed by atoms with Crippen LogP contribution in [-0.4, -0.2) is 36.5 Å². The zero-order chi connectivity index (χ0) is 21.7. The van der Waals surface area contributed by atoms with Crippen LogP contribution in [0.4, 0.5) is 17.1 Å². The second kappa shape index (κ2) is 9.39. The molecular weight excluding hydrogens is 386 g/mol. The smallest absolute Gasteiger partial charge is 0.338 e. The number of amides is 1. The third kappa shape index (κ3) is 5.14. The molecule has 8 heteroatoms. The highest BCUT2D eigenvalue weighted by Gasteiger charge is 2.25. The molecule has 1 fully saturated rings. The summed E-state index contributed by atoms with van der Waals surface area (Å²) in [6.45, 7) is 4.97. The number of nitrogens with one attached hydrogen (secondary N) is 1. The number of hydrogen-bond donors (Lipinski definition) is 1. The fraction of sp³-hybridized carbons (Fsp3) is 0.364. The number of esters is 1. The summed E-state index contributed by atoms with van der Waals surface area (Å²) in [7, 11) is 0. The molecule has 30 heavy (non-hydrogen) atoms. The van der Waals surface area contributed by atoms with Gasteiger partial charge in [-0.15, -0.1) is 0 Å². The van der Waals surface area contributed by atoms with Gasteiger partial charge in [0, 0.05) is 24.8 Å². The lowest BCUT2D eigenvalue weighted by molar-refractivity contribution is -0.384. The quantitative estimate of drug-likeness (QED) is 0.439. The third-order valence-electron chi connectivity index (χ3n) is 5.16. The number of nitro benzene ring substituents is 1. The highest BCUT2D eigenvalue weighted by Crippen LogP contribution is 2.32. The summed E-state index contributed by atoms with van der Waals surface area (Å²) in [5.74, 6) is -0.808. The number of nitrogens with zero attached hydrogens (tertiary/aromatic N) is 2. The number of hydrogen-bond acceptors (Lipinski definition) is 6. The number of rotatable bonds is 6. The van der Waals surface area contributed by atoms with Crippen LogP contribution in [0.3, 0.4) is 0 Å². The predicted octanol–water partition coefficient (Wildman–Crippen LogP) is 3.94. The molecule has 2 aromatic carbocycles. The van der Waals surface area contributed by atoms with Crippen molar-refractivity contribution >= 4 is 28.9 Å². The summed E-state index contributed by atoms with van der Waals surface area (Å²) in [5.41, 5.74) is 1.92. The van der Waals surface area contributed by atoms with Gasteiger partial charge < -0.3 is 15.0 Å². The Morgan fingerprint density at radius 3 is 2.73 bits per heavy atom. The summed E-state index contributed by atoms with van der Waals surface area (Å²) in [6.07, 6.45) is 2.07. The Hall–Kier alpha value is -3.42. The first-order valence-electron chi connectivity index (χ1n) is 9.91. The molecule has 1 unspecified atom stereocenters. The maximum absolute atomic E-state index is 12.3. The van der Waals surface area contributed by atoms with Crippen LogP contribution < -0.4 is 10.2 Å². The number of aryl methyl sites for hydroxylation is 1. The van der Waals surface area contributed by atoms with Gasteiger partial charge in [0.15, 0.2) is 6.61 Å². The molecule has 1 N–H and O–H groups in total. The highest BCUT2D eigenvalue weighted by atomic mass is 16.6. The van der Waals surface area contributed by atoms with Crippen molar-refractivity contribution in [2.24, 2.45) is 5.92 Å². The Morgan fingerprint density at radius 1 is 1.27 bits per heavy atom. The second-order valence-electron chi connectivity index (χ2n) is 7.59. The largest absolute Gasteiger partial charge is 0.452 e. The number of anilines is 2. The Morgan fingerprint density at radius 2 is 2.03 bits per heavy atom. The molecule has 1 heterocycles. The molecule has 0 aliphatic carbocycles. The van der Waals surface area contributed by atoms with Crippen LogP contribution in [0.15, 0.2) is 42.5 Å². The summed E-state index contributed by atoms with van der Waals surface area (Å²) >= 11 is 0. The van der Waals surface area contributed by atoms with E-state index >= 15 is 0 Å². The number of nitro groups is 1. The lowest BCUT2D eigenvalue weighted by Crippen LogP contribution is -2.34. The lowest BCUT2D eigenvalue weighted by Gasteiger charge is -2.32. The molecule has 8 nitrogen and oxygen atoms in total. The van der Waals surface area contributed by atoms with E-state index < -0.39 is 23.4 Å². The van der Waals surface area contributed by atoms with Gasteiger partial charge in [0.1, 0.15) is 5.69 Å². The van der Waals surface area contributed by atoms with Crippen LogP contribution in [0.25, 0.3) is 0 Å². The van der Waals surface area contributed by atoms with E-state index in [1.165, 1.54) is 12.1 Å². The van der Waals surface area contributed by atoms with Gasteiger partial charge in [-0.25, -0.2) is 4.79 Å². The van der Waals surface area contributed by atoms with E-state index in [0.717, 1.165) is 31.5 Å². The van der Waals surface area contributed by atoms with E-state index in [1.807, 2.05) is 24.0 Å². The first kappa shape index (κ1) is 21.3. The average molecular weight is 411 g/mol. The fourth-order valence-corrected chi connectivity index (χ4v) is 3.59. The van der Waals surface area contributed by atoms with Gasteiger partial charge >= 0.3 is 5.97 Å². The number of ether oxygens (including phenoxy) is 1. The zero-order valence-corrected chi connectivity index (χ0v) is 17.1. The van der Waals surface area contributed by atoms with Gasteiger partial charge in [-0.1, -0.05) is 25.1 Å². The van der Waals surface area contributed by atoms with Crippen molar-refractivity contribution < 1.29 is 19.2 Å². The van der Waals surface area contributed by atoms with Crippen LogP contribution in [-0.2, 0) is 9.53 Å². The molecule has 0 spiro atoms. The van der Waals surface area contributed by atoms with E-state index in [-0.39, 0.29) is 11.3 Å². The van der Waals surface area contributed by atoms with Gasteiger partial charge in [0.25, 0.3) is 11.6 Å². The predicted molar refractivity (Wildman–Crippen MR) is 114 cm³/mol. The summed E-state index contributed by atoms with van der Waals surface area (Å²) in [5, 5.41) is 14.3. The Kier molecular flexibility index (Phi) is 6.66. The van der Waals surface area contributed by atoms with Crippen molar-refractivity contribution in [1.82, 2.24) is 0 Å². The SMILES string of the molecule is Cc1ccccc1NC(=O)COC(=O)c1ccc(N2CCCC(C)C2)c([N+](=O)[O-])c1. The molecule has 0 aromatic heterocycles. The third-order valence-corrected chi connectivity index (χ3v) is 5.16. The molecule has 158 valence electrons. The molecule has 1 amide bonds. The standard InChI is InChI=1S/C22H25N3O5/c1-15-6-5-11-24(13-15)19-10-9-17(12-20(19)25(28)29)22(27)30-14-21(26)23-18-8-4-3-7-16(18)2/h3-4,7-10,12,15H,5-6,11,13-14H2,1-2H3,(H,23,26). The van der Waals surface area contributed by atoms with Crippen LogP contribution in [0.5, 0.6) is 0 Å². The highest BCUT2D eigenvalue weighted by molar-refractivity contribution is 5.96. The Labute approximate surface area is 175 Å². The first-order valence-corrected chi connectivity index (χ1v) is 9.91. The maximum atomic E-state index is 12.3. The van der Waals surface area contributed by atoms with Crippen LogP contribution >= 0.6 is 0 Å². The fourth-order valence-electron chi connectivity index (χ4n) is 3.59. The van der Waals surface area contributed by atoms with Crippen LogP contribution in [0.1, 0.15) is 35.7 Å². The number of carbonyl (C=O) groups excluding carboxylic acids is 2.